The Bertz CT molecular complexity index is 1670. The standard InChI is InChI=1S/C33H35N3O6S/c1-5-41-32-20-27(14-18-31(32)42-23-26-9-7-6-8-10-26)21-34-35-33(37)22-36(29-19-25(3)13-17-30(29)40-4)43(38,39)28-15-11-24(2)12-16-28/h6-21H,5,22-23H2,1-4H3,(H,35,37)/b34-21-. The lowest BCUT2D eigenvalue weighted by Gasteiger charge is -2.25. The molecule has 0 heterocycles. The molecule has 1 amide bonds. The van der Waals surface area contributed by atoms with Gasteiger partial charge in [-0.15, -0.1) is 0 Å². The smallest absolute Gasteiger partial charge is 0.264 e. The zero-order chi connectivity index (χ0) is 30.8. The van der Waals surface area contributed by atoms with Gasteiger partial charge in [0.15, 0.2) is 11.5 Å². The summed E-state index contributed by atoms with van der Waals surface area (Å²) in [5.41, 5.74) is 6.08. The second-order valence-corrected chi connectivity index (χ2v) is 11.6. The summed E-state index contributed by atoms with van der Waals surface area (Å²) in [6.07, 6.45) is 1.45. The van der Waals surface area contributed by atoms with Crippen LogP contribution in [0.3, 0.4) is 0 Å². The lowest BCUT2D eigenvalue weighted by Crippen LogP contribution is -2.39. The SMILES string of the molecule is CCOc1cc(/C=N\NC(=O)CN(c2cc(C)ccc2OC)S(=O)(=O)c2ccc(C)cc2)ccc1OCc1ccccc1. The molecule has 0 spiro atoms. The highest BCUT2D eigenvalue weighted by molar-refractivity contribution is 7.92. The summed E-state index contributed by atoms with van der Waals surface area (Å²) in [6.45, 7) is 5.88. The van der Waals surface area contributed by atoms with Crippen LogP contribution < -0.4 is 23.9 Å². The van der Waals surface area contributed by atoms with E-state index in [1.807, 2.05) is 51.1 Å². The summed E-state index contributed by atoms with van der Waals surface area (Å²) in [5.74, 6) is 0.797. The number of hydrogen-bond acceptors (Lipinski definition) is 7. The molecule has 0 aliphatic carbocycles. The number of nitrogens with zero attached hydrogens (tertiary/aromatic N) is 2. The third-order valence-electron chi connectivity index (χ3n) is 6.41. The molecule has 0 atom stereocenters. The Morgan fingerprint density at radius 2 is 1.56 bits per heavy atom. The van der Waals surface area contributed by atoms with E-state index >= 15 is 0 Å². The number of hydrogen-bond donors (Lipinski definition) is 1. The van der Waals surface area contributed by atoms with Crippen molar-refractivity contribution in [2.24, 2.45) is 5.10 Å². The van der Waals surface area contributed by atoms with E-state index in [-0.39, 0.29) is 10.6 Å². The summed E-state index contributed by atoms with van der Waals surface area (Å²) in [7, 11) is -2.68. The number of carbonyl (C=O) groups excluding carboxylic acids is 1. The van der Waals surface area contributed by atoms with Crippen molar-refractivity contribution >= 4 is 27.8 Å². The fourth-order valence-corrected chi connectivity index (χ4v) is 5.63. The molecule has 224 valence electrons. The molecule has 0 aromatic heterocycles. The second-order valence-electron chi connectivity index (χ2n) is 9.71. The number of anilines is 1. The van der Waals surface area contributed by atoms with Crippen LogP contribution in [0.1, 0.15) is 29.2 Å². The maximum absolute atomic E-state index is 13.8. The highest BCUT2D eigenvalue weighted by Crippen LogP contribution is 2.33. The Kier molecular flexibility index (Phi) is 10.4. The molecule has 4 aromatic carbocycles. The third-order valence-corrected chi connectivity index (χ3v) is 8.18. The van der Waals surface area contributed by atoms with Crippen LogP contribution in [0.4, 0.5) is 5.69 Å². The molecule has 10 heteroatoms. The van der Waals surface area contributed by atoms with Gasteiger partial charge in [-0.1, -0.05) is 54.1 Å². The fraction of sp³-hybridized carbons (Fsp3) is 0.212. The number of aryl methyl sites for hydroxylation is 2. The first kappa shape index (κ1) is 31.1. The highest BCUT2D eigenvalue weighted by Gasteiger charge is 2.29. The molecule has 0 bridgehead atoms. The monoisotopic (exact) mass is 601 g/mol. The van der Waals surface area contributed by atoms with Gasteiger partial charge in [0.1, 0.15) is 18.9 Å². The lowest BCUT2D eigenvalue weighted by atomic mass is 10.2. The van der Waals surface area contributed by atoms with Crippen LogP contribution in [0.25, 0.3) is 0 Å². The maximum atomic E-state index is 13.8. The molecule has 0 aliphatic heterocycles. The minimum Gasteiger partial charge on any atom is -0.495 e. The summed E-state index contributed by atoms with van der Waals surface area (Å²) >= 11 is 0. The molecule has 0 fully saturated rings. The van der Waals surface area contributed by atoms with Gasteiger partial charge in [-0.3, -0.25) is 9.10 Å². The Morgan fingerprint density at radius 1 is 0.860 bits per heavy atom. The lowest BCUT2D eigenvalue weighted by molar-refractivity contribution is -0.119. The first-order valence-electron chi connectivity index (χ1n) is 13.7. The van der Waals surface area contributed by atoms with E-state index in [1.54, 1.807) is 48.5 Å². The van der Waals surface area contributed by atoms with Crippen LogP contribution in [0.15, 0.2) is 101 Å². The summed E-state index contributed by atoms with van der Waals surface area (Å²) in [4.78, 5) is 13.1. The van der Waals surface area contributed by atoms with Gasteiger partial charge in [0.05, 0.1) is 30.5 Å². The van der Waals surface area contributed by atoms with Gasteiger partial charge < -0.3 is 14.2 Å². The summed E-state index contributed by atoms with van der Waals surface area (Å²) in [5, 5.41) is 4.07. The number of rotatable bonds is 13. The van der Waals surface area contributed by atoms with Crippen molar-refractivity contribution in [3.8, 4) is 17.2 Å². The summed E-state index contributed by atoms with van der Waals surface area (Å²) in [6, 6.07) is 26.7. The average Bonchev–Trinajstić information content (AvgIpc) is 3.00. The van der Waals surface area contributed by atoms with Gasteiger partial charge in [-0.2, -0.15) is 5.10 Å². The summed E-state index contributed by atoms with van der Waals surface area (Å²) < 4.78 is 45.7. The van der Waals surface area contributed by atoms with Gasteiger partial charge in [-0.05, 0) is 79.9 Å². The molecule has 1 N–H and O–H groups in total. The molecular formula is C33H35N3O6S. The number of amides is 1. The van der Waals surface area contributed by atoms with Crippen LogP contribution >= 0.6 is 0 Å². The predicted octanol–water partition coefficient (Wildman–Crippen LogP) is 5.64. The molecule has 4 aromatic rings. The van der Waals surface area contributed by atoms with Crippen LogP contribution in [-0.4, -0.2) is 40.8 Å². The van der Waals surface area contributed by atoms with Crippen LogP contribution in [0, 0.1) is 13.8 Å². The molecule has 0 saturated heterocycles. The van der Waals surface area contributed by atoms with Crippen molar-refractivity contribution in [3.63, 3.8) is 0 Å². The normalized spacial score (nSPS) is 11.3. The van der Waals surface area contributed by atoms with E-state index in [2.05, 4.69) is 10.5 Å². The molecule has 0 saturated carbocycles. The van der Waals surface area contributed by atoms with Gasteiger partial charge >= 0.3 is 0 Å². The number of nitrogens with one attached hydrogen (secondary N) is 1. The van der Waals surface area contributed by atoms with E-state index in [0.717, 1.165) is 21.0 Å². The van der Waals surface area contributed by atoms with Crippen molar-refractivity contribution in [1.29, 1.82) is 0 Å². The zero-order valence-corrected chi connectivity index (χ0v) is 25.4. The van der Waals surface area contributed by atoms with E-state index in [4.69, 9.17) is 14.2 Å². The van der Waals surface area contributed by atoms with Gasteiger partial charge in [0.2, 0.25) is 0 Å². The fourth-order valence-electron chi connectivity index (χ4n) is 4.20. The highest BCUT2D eigenvalue weighted by atomic mass is 32.2. The minimum absolute atomic E-state index is 0.0518. The number of carbonyl (C=O) groups is 1. The largest absolute Gasteiger partial charge is 0.495 e. The topological polar surface area (TPSA) is 107 Å². The van der Waals surface area contributed by atoms with Gasteiger partial charge in [0, 0.05) is 0 Å². The Hall–Kier alpha value is -4.83. The Morgan fingerprint density at radius 3 is 2.26 bits per heavy atom. The number of benzene rings is 4. The Labute approximate surface area is 252 Å². The van der Waals surface area contributed by atoms with Crippen molar-refractivity contribution in [1.82, 2.24) is 5.43 Å². The molecule has 4 rings (SSSR count). The predicted molar refractivity (Wildman–Crippen MR) is 168 cm³/mol. The van der Waals surface area contributed by atoms with E-state index in [9.17, 15) is 13.2 Å². The van der Waals surface area contributed by atoms with Crippen molar-refractivity contribution < 1.29 is 27.4 Å². The van der Waals surface area contributed by atoms with E-state index < -0.39 is 22.5 Å². The second kappa shape index (κ2) is 14.4. The first-order chi connectivity index (χ1) is 20.7. The van der Waals surface area contributed by atoms with E-state index in [1.165, 1.54) is 25.5 Å². The molecule has 0 unspecified atom stereocenters. The van der Waals surface area contributed by atoms with Crippen molar-refractivity contribution in [2.75, 3.05) is 24.6 Å². The molecule has 43 heavy (non-hydrogen) atoms. The number of hydrazone groups is 1. The van der Waals surface area contributed by atoms with Crippen LogP contribution in [0.2, 0.25) is 0 Å². The Balaban J connectivity index is 1.52. The number of ether oxygens (including phenoxy) is 3. The maximum Gasteiger partial charge on any atom is 0.264 e. The average molecular weight is 602 g/mol. The molecular weight excluding hydrogens is 566 g/mol. The quantitative estimate of drug-likeness (QED) is 0.157. The number of sulfonamides is 1. The third kappa shape index (κ3) is 8.14. The number of methoxy groups -OCH3 is 1. The van der Waals surface area contributed by atoms with Gasteiger partial charge in [0.25, 0.3) is 15.9 Å². The van der Waals surface area contributed by atoms with Crippen LogP contribution in [0.5, 0.6) is 17.2 Å². The van der Waals surface area contributed by atoms with Crippen molar-refractivity contribution in [2.45, 2.75) is 32.3 Å². The zero-order valence-electron chi connectivity index (χ0n) is 24.6. The molecule has 0 radical (unpaired) electrons. The van der Waals surface area contributed by atoms with Gasteiger partial charge in [-0.25, -0.2) is 13.8 Å². The van der Waals surface area contributed by atoms with Crippen molar-refractivity contribution in [3.05, 3.63) is 113 Å². The first-order valence-corrected chi connectivity index (χ1v) is 15.1. The minimum atomic E-state index is -4.12. The van der Waals surface area contributed by atoms with Crippen LogP contribution in [-0.2, 0) is 21.4 Å². The van der Waals surface area contributed by atoms with E-state index in [0.29, 0.717) is 36.0 Å². The molecule has 0 aliphatic rings. The molecule has 9 nitrogen and oxygen atoms in total.